The highest BCUT2D eigenvalue weighted by Gasteiger charge is 2.44. The topological polar surface area (TPSA) is 116 Å². The molecular formula is C25H35NO5S. The van der Waals surface area contributed by atoms with Crippen LogP contribution in [0.2, 0.25) is 0 Å². The van der Waals surface area contributed by atoms with E-state index in [2.05, 4.69) is 25.2 Å². The second-order valence-corrected chi connectivity index (χ2v) is 9.50. The average Bonchev–Trinajstić information content (AvgIpc) is 3.63. The van der Waals surface area contributed by atoms with Crippen molar-refractivity contribution in [1.29, 1.82) is 0 Å². The van der Waals surface area contributed by atoms with E-state index in [1.807, 2.05) is 31.4 Å². The van der Waals surface area contributed by atoms with Gasteiger partial charge in [0, 0.05) is 10.6 Å². The van der Waals surface area contributed by atoms with Crippen LogP contribution in [0.15, 0.2) is 52.5 Å². The van der Waals surface area contributed by atoms with E-state index < -0.39 is 37.1 Å². The normalized spacial score (nSPS) is 29.7. The summed E-state index contributed by atoms with van der Waals surface area (Å²) in [7, 11) is 0. The van der Waals surface area contributed by atoms with Crippen LogP contribution in [0.5, 0.6) is 0 Å². The predicted molar refractivity (Wildman–Crippen MR) is 128 cm³/mol. The van der Waals surface area contributed by atoms with Crippen molar-refractivity contribution < 1.29 is 25.2 Å². The Morgan fingerprint density at radius 3 is 2.47 bits per heavy atom. The molecule has 3 rings (SSSR count). The van der Waals surface area contributed by atoms with Crippen LogP contribution >= 0.6 is 11.8 Å². The summed E-state index contributed by atoms with van der Waals surface area (Å²) in [6, 6.07) is 3.73. The Bertz CT molecular complexity index is 891. The summed E-state index contributed by atoms with van der Waals surface area (Å²) in [4.78, 5) is 0.846. The molecule has 1 aliphatic heterocycles. The molecule has 6 nitrogen and oxygen atoms in total. The van der Waals surface area contributed by atoms with Gasteiger partial charge in [-0.3, -0.25) is 0 Å². The summed E-state index contributed by atoms with van der Waals surface area (Å²) in [6.07, 6.45) is 7.47. The molecule has 0 spiro atoms. The van der Waals surface area contributed by atoms with Crippen molar-refractivity contribution in [2.24, 2.45) is 5.92 Å². The zero-order chi connectivity index (χ0) is 23.4. The number of hydrogen-bond acceptors (Lipinski definition) is 7. The van der Waals surface area contributed by atoms with Crippen LogP contribution in [0.4, 0.5) is 5.69 Å². The molecule has 1 aliphatic carbocycles. The first-order chi connectivity index (χ1) is 15.3. The average molecular weight is 462 g/mol. The zero-order valence-electron chi connectivity index (χ0n) is 18.9. The van der Waals surface area contributed by atoms with Crippen molar-refractivity contribution >= 4 is 17.4 Å². The Morgan fingerprint density at radius 1 is 1.16 bits per heavy atom. The van der Waals surface area contributed by atoms with Gasteiger partial charge in [0.2, 0.25) is 0 Å². The largest absolute Gasteiger partial charge is 0.398 e. The molecule has 0 unspecified atom stereocenters. The Balaban J connectivity index is 1.95. The number of thioether (sulfide) groups is 1. The number of aliphatic hydroxyl groups is 4. The standard InChI is InChI=1S/C25H35NO5S/c1-4-5-15(7-6-14(2)16-8-9-16)10-17-11-18(12-20(32-3)21(17)26)25-24(30)23(29)22(28)19(13-27)31-25/h4-7,11-12,16,19,22-25,27-30H,8-10,13,26H2,1-3H3/b5-4-,14-6+,15-7+/t19-,22-,23+,24-,25+/m1/s1. The van der Waals surface area contributed by atoms with E-state index in [4.69, 9.17) is 10.5 Å². The Kier molecular flexibility index (Phi) is 8.61. The molecule has 0 radical (unpaired) electrons. The summed E-state index contributed by atoms with van der Waals surface area (Å²) in [5.41, 5.74) is 11.2. The lowest BCUT2D eigenvalue weighted by molar-refractivity contribution is -0.231. The van der Waals surface area contributed by atoms with Gasteiger partial charge < -0.3 is 30.9 Å². The summed E-state index contributed by atoms with van der Waals surface area (Å²) in [5.74, 6) is 0.709. The molecule has 6 N–H and O–H groups in total. The zero-order valence-corrected chi connectivity index (χ0v) is 19.8. The third kappa shape index (κ3) is 5.65. The number of hydrogen-bond donors (Lipinski definition) is 5. The first-order valence-corrected chi connectivity index (χ1v) is 12.3. The molecule has 176 valence electrons. The molecule has 1 saturated carbocycles. The lowest BCUT2D eigenvalue weighted by Gasteiger charge is -2.40. The highest BCUT2D eigenvalue weighted by Crippen LogP contribution is 2.38. The van der Waals surface area contributed by atoms with E-state index >= 15 is 0 Å². The molecule has 0 aromatic heterocycles. The van der Waals surface area contributed by atoms with Crippen LogP contribution in [0.3, 0.4) is 0 Å². The number of nitrogens with two attached hydrogens (primary N) is 1. The quantitative estimate of drug-likeness (QED) is 0.230. The molecule has 1 aromatic carbocycles. The van der Waals surface area contributed by atoms with Crippen LogP contribution < -0.4 is 5.73 Å². The number of aliphatic hydroxyl groups excluding tert-OH is 4. The molecule has 1 heterocycles. The minimum atomic E-state index is -1.42. The Morgan fingerprint density at radius 2 is 1.88 bits per heavy atom. The van der Waals surface area contributed by atoms with Crippen molar-refractivity contribution in [2.45, 2.75) is 68.5 Å². The summed E-state index contributed by atoms with van der Waals surface area (Å²) < 4.78 is 5.78. The van der Waals surface area contributed by atoms with E-state index in [1.54, 1.807) is 0 Å². The molecule has 0 bridgehead atoms. The molecule has 1 saturated heterocycles. The van der Waals surface area contributed by atoms with E-state index in [0.717, 1.165) is 16.0 Å². The predicted octanol–water partition coefficient (Wildman–Crippen LogP) is 2.91. The van der Waals surface area contributed by atoms with Gasteiger partial charge in [0.05, 0.1) is 6.61 Å². The fourth-order valence-corrected chi connectivity index (χ4v) is 4.69. The van der Waals surface area contributed by atoms with Gasteiger partial charge in [0.1, 0.15) is 30.5 Å². The van der Waals surface area contributed by atoms with Gasteiger partial charge in [-0.25, -0.2) is 0 Å². The van der Waals surface area contributed by atoms with Crippen LogP contribution in [-0.2, 0) is 11.2 Å². The summed E-state index contributed by atoms with van der Waals surface area (Å²) in [6.45, 7) is 3.69. The summed E-state index contributed by atoms with van der Waals surface area (Å²) in [5, 5.41) is 40.4. The Labute approximate surface area is 194 Å². The van der Waals surface area contributed by atoms with Crippen LogP contribution in [0.25, 0.3) is 0 Å². The van der Waals surface area contributed by atoms with Gasteiger partial charge in [-0.2, -0.15) is 0 Å². The van der Waals surface area contributed by atoms with Gasteiger partial charge in [0.15, 0.2) is 0 Å². The molecule has 2 aliphatic rings. The molecule has 1 aromatic rings. The molecular weight excluding hydrogens is 426 g/mol. The summed E-state index contributed by atoms with van der Waals surface area (Å²) >= 11 is 1.49. The van der Waals surface area contributed by atoms with Gasteiger partial charge in [-0.1, -0.05) is 35.9 Å². The van der Waals surface area contributed by atoms with Gasteiger partial charge in [-0.15, -0.1) is 11.8 Å². The molecule has 7 heteroatoms. The van der Waals surface area contributed by atoms with Crippen molar-refractivity contribution in [1.82, 2.24) is 0 Å². The second-order valence-electron chi connectivity index (χ2n) is 8.65. The number of rotatable bonds is 8. The van der Waals surface area contributed by atoms with Crippen LogP contribution in [0, 0.1) is 5.92 Å². The number of allylic oxidation sites excluding steroid dienone is 6. The number of anilines is 1. The first-order valence-electron chi connectivity index (χ1n) is 11.1. The lowest BCUT2D eigenvalue weighted by atomic mass is 9.89. The SMILES string of the molecule is C\C=C/C(=C\C=C(/C)C1CC1)Cc1cc([C@@H]2O[C@H](CO)[C@@H](O)[C@H](O)[C@H]2O)cc(SC)c1N. The van der Waals surface area contributed by atoms with Gasteiger partial charge >= 0.3 is 0 Å². The minimum Gasteiger partial charge on any atom is -0.398 e. The maximum absolute atomic E-state index is 10.6. The number of nitrogen functional groups attached to an aromatic ring is 1. The highest BCUT2D eigenvalue weighted by molar-refractivity contribution is 7.98. The lowest BCUT2D eigenvalue weighted by Crippen LogP contribution is -2.55. The first kappa shape index (κ1) is 25.0. The third-order valence-electron chi connectivity index (χ3n) is 6.25. The maximum atomic E-state index is 10.6. The van der Waals surface area contributed by atoms with Crippen molar-refractivity contribution in [3.05, 3.63) is 58.7 Å². The van der Waals surface area contributed by atoms with Crippen molar-refractivity contribution in [3.63, 3.8) is 0 Å². The van der Waals surface area contributed by atoms with Crippen molar-refractivity contribution in [3.8, 4) is 0 Å². The Hall–Kier alpha value is -1.61. The van der Waals surface area contributed by atoms with Crippen LogP contribution in [0.1, 0.15) is 43.9 Å². The molecule has 5 atom stereocenters. The van der Waals surface area contributed by atoms with Crippen LogP contribution in [-0.4, -0.2) is 57.7 Å². The third-order valence-corrected chi connectivity index (χ3v) is 7.03. The smallest absolute Gasteiger partial charge is 0.113 e. The fraction of sp³-hybridized carbons (Fsp3) is 0.520. The number of benzene rings is 1. The van der Waals surface area contributed by atoms with E-state index in [1.165, 1.54) is 30.2 Å². The maximum Gasteiger partial charge on any atom is 0.113 e. The van der Waals surface area contributed by atoms with E-state index in [9.17, 15) is 20.4 Å². The second kappa shape index (κ2) is 11.0. The minimum absolute atomic E-state index is 0.459. The van der Waals surface area contributed by atoms with Gasteiger partial charge in [0.25, 0.3) is 0 Å². The van der Waals surface area contributed by atoms with E-state index in [0.29, 0.717) is 23.6 Å². The van der Waals surface area contributed by atoms with Crippen molar-refractivity contribution in [2.75, 3.05) is 18.6 Å². The molecule has 32 heavy (non-hydrogen) atoms. The highest BCUT2D eigenvalue weighted by atomic mass is 32.2. The molecule has 2 fully saturated rings. The van der Waals surface area contributed by atoms with Gasteiger partial charge in [-0.05, 0) is 68.0 Å². The number of ether oxygens (including phenoxy) is 1. The molecule has 0 amide bonds. The fourth-order valence-electron chi connectivity index (χ4n) is 4.09. The monoisotopic (exact) mass is 461 g/mol. The van der Waals surface area contributed by atoms with E-state index in [-0.39, 0.29) is 0 Å².